The maximum Gasteiger partial charge on any atom is 0.303 e. The Balaban J connectivity index is 1.21. The summed E-state index contributed by atoms with van der Waals surface area (Å²) in [4.78, 5) is 25.3. The SMILES string of the molecule is C[C@H](c1ccc2ccccc2c1)N(C)C[C@H]1C[C@@H](c2ccc(CO)cc2)O[C@@H](c2ccc(CNC(=O)CCCCCCC(=O)O)cc2)O1. The van der Waals surface area contributed by atoms with Crippen molar-refractivity contribution >= 4 is 22.6 Å². The van der Waals surface area contributed by atoms with Crippen LogP contribution in [0, 0.1) is 0 Å². The number of aliphatic carboxylic acids is 1. The molecule has 1 aliphatic heterocycles. The standard InChI is InChI=1S/C40H48N2O6/c1-28(34-22-21-31-9-7-8-10-35(31)23-34)42(2)26-36-24-37(32-17-15-30(27-43)16-18-32)48-40(47-36)33-19-13-29(14-20-33)25-41-38(44)11-5-3-4-6-12-39(45)46/h7-10,13-23,28,36-37,40,43H,3-6,11-12,24-27H2,1-2H3,(H,41,44)(H,45,46)/t28-,36-,37+,40+/m1/s1. The molecule has 0 bridgehead atoms. The van der Waals surface area contributed by atoms with E-state index in [1.165, 1.54) is 16.3 Å². The summed E-state index contributed by atoms with van der Waals surface area (Å²) in [6.07, 6.45) is 3.58. The molecular weight excluding hydrogens is 604 g/mol. The van der Waals surface area contributed by atoms with Gasteiger partial charge in [0, 0.05) is 44.0 Å². The molecule has 8 heteroatoms. The second-order valence-electron chi connectivity index (χ2n) is 12.9. The highest BCUT2D eigenvalue weighted by molar-refractivity contribution is 5.83. The number of aliphatic hydroxyl groups excluding tert-OH is 1. The summed E-state index contributed by atoms with van der Waals surface area (Å²) >= 11 is 0. The zero-order valence-corrected chi connectivity index (χ0v) is 28.0. The maximum absolute atomic E-state index is 12.3. The lowest BCUT2D eigenvalue weighted by Gasteiger charge is -2.39. The molecule has 5 rings (SSSR count). The lowest BCUT2D eigenvalue weighted by Crippen LogP contribution is -2.38. The van der Waals surface area contributed by atoms with Gasteiger partial charge in [0.15, 0.2) is 6.29 Å². The van der Waals surface area contributed by atoms with Crippen molar-refractivity contribution in [2.45, 2.75) is 89.6 Å². The number of ether oxygens (including phenoxy) is 2. The Bertz CT molecular complexity index is 1620. The summed E-state index contributed by atoms with van der Waals surface area (Å²) in [5.74, 6) is -0.778. The summed E-state index contributed by atoms with van der Waals surface area (Å²) in [5.41, 5.74) is 5.08. The van der Waals surface area contributed by atoms with Crippen molar-refractivity contribution in [2.75, 3.05) is 13.6 Å². The molecule has 1 heterocycles. The van der Waals surface area contributed by atoms with Crippen LogP contribution in [0.3, 0.4) is 0 Å². The van der Waals surface area contributed by atoms with Crippen LogP contribution in [0.2, 0.25) is 0 Å². The first-order chi connectivity index (χ1) is 23.3. The molecule has 8 nitrogen and oxygen atoms in total. The van der Waals surface area contributed by atoms with Gasteiger partial charge in [-0.2, -0.15) is 0 Å². The van der Waals surface area contributed by atoms with Crippen molar-refractivity contribution in [3.63, 3.8) is 0 Å². The van der Waals surface area contributed by atoms with Gasteiger partial charge in [0.25, 0.3) is 0 Å². The lowest BCUT2D eigenvalue weighted by molar-refractivity contribution is -0.253. The van der Waals surface area contributed by atoms with Crippen LogP contribution in [-0.2, 0) is 32.2 Å². The Morgan fingerprint density at radius 1 is 0.833 bits per heavy atom. The van der Waals surface area contributed by atoms with Crippen LogP contribution in [-0.4, -0.2) is 46.7 Å². The second kappa shape index (κ2) is 17.4. The molecule has 4 atom stereocenters. The molecule has 1 fully saturated rings. The first-order valence-corrected chi connectivity index (χ1v) is 17.1. The zero-order valence-electron chi connectivity index (χ0n) is 28.0. The quantitative estimate of drug-likeness (QED) is 0.107. The maximum atomic E-state index is 12.3. The average molecular weight is 653 g/mol. The van der Waals surface area contributed by atoms with Crippen LogP contribution in [0.1, 0.15) is 98.1 Å². The van der Waals surface area contributed by atoms with Gasteiger partial charge in [0.2, 0.25) is 5.91 Å². The Kier molecular flexibility index (Phi) is 12.7. The number of fused-ring (bicyclic) bond motifs is 1. The second-order valence-corrected chi connectivity index (χ2v) is 12.9. The van der Waals surface area contributed by atoms with Crippen molar-refractivity contribution < 1.29 is 29.3 Å². The van der Waals surface area contributed by atoms with Crippen LogP contribution in [0.4, 0.5) is 0 Å². The fourth-order valence-corrected chi connectivity index (χ4v) is 6.23. The van der Waals surface area contributed by atoms with Gasteiger partial charge in [-0.05, 0) is 65.9 Å². The summed E-state index contributed by atoms with van der Waals surface area (Å²) in [6, 6.07) is 31.2. The largest absolute Gasteiger partial charge is 0.481 e. The van der Waals surface area contributed by atoms with Gasteiger partial charge < -0.3 is 25.0 Å². The molecule has 48 heavy (non-hydrogen) atoms. The van der Waals surface area contributed by atoms with Crippen LogP contribution in [0.15, 0.2) is 91.0 Å². The third-order valence-electron chi connectivity index (χ3n) is 9.31. The highest BCUT2D eigenvalue weighted by Gasteiger charge is 2.33. The molecule has 4 aromatic rings. The normalized spacial score (nSPS) is 18.5. The Morgan fingerprint density at radius 3 is 2.21 bits per heavy atom. The monoisotopic (exact) mass is 652 g/mol. The Labute approximate surface area is 283 Å². The van der Waals surface area contributed by atoms with E-state index in [1.54, 1.807) is 0 Å². The number of carbonyl (C=O) groups is 2. The molecule has 0 unspecified atom stereocenters. The van der Waals surface area contributed by atoms with Crippen LogP contribution < -0.4 is 5.32 Å². The highest BCUT2D eigenvalue weighted by Crippen LogP contribution is 2.39. The van der Waals surface area contributed by atoms with E-state index >= 15 is 0 Å². The van der Waals surface area contributed by atoms with E-state index in [1.807, 2.05) is 48.5 Å². The fraction of sp³-hybridized carbons (Fsp3) is 0.400. The molecule has 1 saturated heterocycles. The molecule has 1 amide bonds. The smallest absolute Gasteiger partial charge is 0.303 e. The first-order valence-electron chi connectivity index (χ1n) is 17.1. The molecular formula is C40H48N2O6. The number of unbranched alkanes of at least 4 members (excludes halogenated alkanes) is 3. The number of aliphatic hydroxyl groups is 1. The number of nitrogens with zero attached hydrogens (tertiary/aromatic N) is 1. The third-order valence-corrected chi connectivity index (χ3v) is 9.31. The molecule has 0 saturated carbocycles. The minimum atomic E-state index is -0.774. The number of carboxylic acids is 1. The van der Waals surface area contributed by atoms with E-state index in [0.717, 1.165) is 48.1 Å². The van der Waals surface area contributed by atoms with Gasteiger partial charge in [-0.25, -0.2) is 0 Å². The van der Waals surface area contributed by atoms with Gasteiger partial charge in [-0.1, -0.05) is 97.8 Å². The molecule has 254 valence electrons. The average Bonchev–Trinajstić information content (AvgIpc) is 3.11. The number of rotatable bonds is 16. The minimum absolute atomic E-state index is 0.000971. The first kappa shape index (κ1) is 35.2. The molecule has 0 radical (unpaired) electrons. The van der Waals surface area contributed by atoms with Crippen molar-refractivity contribution in [3.05, 3.63) is 119 Å². The van der Waals surface area contributed by atoms with Crippen LogP contribution in [0.5, 0.6) is 0 Å². The summed E-state index contributed by atoms with van der Waals surface area (Å²) < 4.78 is 13.2. The number of hydrogen-bond donors (Lipinski definition) is 3. The number of hydrogen-bond acceptors (Lipinski definition) is 6. The van der Waals surface area contributed by atoms with Crippen LogP contribution >= 0.6 is 0 Å². The van der Waals surface area contributed by atoms with Gasteiger partial charge in [0.1, 0.15) is 0 Å². The van der Waals surface area contributed by atoms with E-state index in [9.17, 15) is 14.7 Å². The Hall–Kier alpha value is -4.08. The summed E-state index contributed by atoms with van der Waals surface area (Å²) in [6.45, 7) is 3.39. The topological polar surface area (TPSA) is 108 Å². The number of amides is 1. The van der Waals surface area contributed by atoms with Gasteiger partial charge >= 0.3 is 5.97 Å². The predicted octanol–water partition coefficient (Wildman–Crippen LogP) is 7.61. The fourth-order valence-electron chi connectivity index (χ4n) is 6.23. The van der Waals surface area contributed by atoms with Gasteiger partial charge in [0.05, 0.1) is 18.8 Å². The minimum Gasteiger partial charge on any atom is -0.481 e. The zero-order chi connectivity index (χ0) is 33.9. The molecule has 4 aromatic carbocycles. The number of benzene rings is 4. The van der Waals surface area contributed by atoms with Crippen LogP contribution in [0.25, 0.3) is 10.8 Å². The van der Waals surface area contributed by atoms with Gasteiger partial charge in [-0.15, -0.1) is 0 Å². The van der Waals surface area contributed by atoms with E-state index in [2.05, 4.69) is 66.7 Å². The lowest BCUT2D eigenvalue weighted by atomic mass is 9.98. The van der Waals surface area contributed by atoms with Crippen molar-refractivity contribution in [3.8, 4) is 0 Å². The number of carboxylic acid groups (broad SMARTS) is 1. The van der Waals surface area contributed by atoms with Gasteiger partial charge in [-0.3, -0.25) is 14.5 Å². The van der Waals surface area contributed by atoms with E-state index in [4.69, 9.17) is 14.6 Å². The molecule has 0 aliphatic carbocycles. The molecule has 0 aromatic heterocycles. The number of nitrogens with one attached hydrogen (secondary N) is 1. The van der Waals surface area contributed by atoms with E-state index in [-0.39, 0.29) is 37.2 Å². The van der Waals surface area contributed by atoms with E-state index < -0.39 is 12.3 Å². The van der Waals surface area contributed by atoms with E-state index in [0.29, 0.717) is 25.8 Å². The van der Waals surface area contributed by atoms with Crippen molar-refractivity contribution in [1.29, 1.82) is 0 Å². The predicted molar refractivity (Wildman–Crippen MR) is 187 cm³/mol. The summed E-state index contributed by atoms with van der Waals surface area (Å²) in [7, 11) is 2.14. The number of carbonyl (C=O) groups excluding carboxylic acids is 1. The highest BCUT2D eigenvalue weighted by atomic mass is 16.7. The molecule has 0 spiro atoms. The molecule has 1 aliphatic rings. The van der Waals surface area contributed by atoms with Crippen molar-refractivity contribution in [2.24, 2.45) is 0 Å². The van der Waals surface area contributed by atoms with Crippen molar-refractivity contribution in [1.82, 2.24) is 10.2 Å². The summed E-state index contributed by atoms with van der Waals surface area (Å²) in [5, 5.41) is 23.7. The number of likely N-dealkylation sites (N-methyl/N-ethyl adjacent to an activating group) is 1. The molecule has 3 N–H and O–H groups in total. The Morgan fingerprint density at radius 2 is 1.50 bits per heavy atom. The third kappa shape index (κ3) is 9.97.